The van der Waals surface area contributed by atoms with Crippen molar-refractivity contribution in [1.82, 2.24) is 4.90 Å². The van der Waals surface area contributed by atoms with Gasteiger partial charge in [0.05, 0.1) is 5.92 Å². The van der Waals surface area contributed by atoms with Gasteiger partial charge in [-0.3, -0.25) is 9.69 Å². The number of nitrogens with zero attached hydrogens (tertiary/aromatic N) is 1. The maximum atomic E-state index is 11.1. The zero-order valence-corrected chi connectivity index (χ0v) is 8.71. The van der Waals surface area contributed by atoms with Crippen LogP contribution in [0.1, 0.15) is 33.1 Å². The number of carboxylic acids is 1. The van der Waals surface area contributed by atoms with Gasteiger partial charge in [0.15, 0.2) is 0 Å². The van der Waals surface area contributed by atoms with Crippen molar-refractivity contribution in [3.8, 4) is 0 Å². The lowest BCUT2D eigenvalue weighted by atomic mass is 9.80. The molecule has 1 heterocycles. The zero-order chi connectivity index (χ0) is 10.1. The highest BCUT2D eigenvalue weighted by Crippen LogP contribution is 2.39. The van der Waals surface area contributed by atoms with Crippen LogP contribution in [0.4, 0.5) is 0 Å². The maximum absolute atomic E-state index is 11.1. The summed E-state index contributed by atoms with van der Waals surface area (Å²) in [6, 6.07) is 0. The Hall–Kier alpha value is -0.570. The number of likely N-dealkylation sites (tertiary alicyclic amines) is 1. The molecule has 13 heavy (non-hydrogen) atoms. The summed E-state index contributed by atoms with van der Waals surface area (Å²) >= 11 is 0. The summed E-state index contributed by atoms with van der Waals surface area (Å²) in [6.07, 6.45) is 2.65. The van der Waals surface area contributed by atoms with Gasteiger partial charge < -0.3 is 5.11 Å². The highest BCUT2D eigenvalue weighted by molar-refractivity contribution is 5.72. The van der Waals surface area contributed by atoms with Crippen molar-refractivity contribution in [2.75, 3.05) is 13.6 Å². The fraction of sp³-hybridized carbons (Fsp3) is 0.900. The molecule has 3 heteroatoms. The molecule has 1 aliphatic rings. The third kappa shape index (κ3) is 1.46. The standard InChI is InChI=1S/C10H19NO2/c1-4-10(5-2)8(9(12)13)6-7-11(10)3/h8H,4-7H2,1-3H3,(H,12,13). The predicted molar refractivity (Wildman–Crippen MR) is 51.7 cm³/mol. The van der Waals surface area contributed by atoms with E-state index in [4.69, 9.17) is 5.11 Å². The molecular weight excluding hydrogens is 166 g/mol. The summed E-state index contributed by atoms with van der Waals surface area (Å²) < 4.78 is 0. The molecule has 0 aliphatic carbocycles. The molecule has 0 bridgehead atoms. The van der Waals surface area contributed by atoms with Crippen molar-refractivity contribution in [1.29, 1.82) is 0 Å². The van der Waals surface area contributed by atoms with E-state index in [2.05, 4.69) is 18.7 Å². The third-order valence-corrected chi connectivity index (χ3v) is 3.68. The van der Waals surface area contributed by atoms with E-state index in [-0.39, 0.29) is 11.5 Å². The minimum Gasteiger partial charge on any atom is -0.481 e. The van der Waals surface area contributed by atoms with Crippen LogP contribution in [0.15, 0.2) is 0 Å². The summed E-state index contributed by atoms with van der Waals surface area (Å²) in [6.45, 7) is 5.08. The van der Waals surface area contributed by atoms with Crippen LogP contribution in [0.5, 0.6) is 0 Å². The molecule has 76 valence electrons. The second-order valence-electron chi connectivity index (χ2n) is 3.91. The monoisotopic (exact) mass is 185 g/mol. The molecule has 1 atom stereocenters. The Morgan fingerprint density at radius 3 is 2.38 bits per heavy atom. The molecule has 0 amide bonds. The van der Waals surface area contributed by atoms with Crippen LogP contribution in [0, 0.1) is 5.92 Å². The van der Waals surface area contributed by atoms with Crippen molar-refractivity contribution in [3.05, 3.63) is 0 Å². The highest BCUT2D eigenvalue weighted by Gasteiger charge is 2.47. The smallest absolute Gasteiger partial charge is 0.308 e. The third-order valence-electron chi connectivity index (χ3n) is 3.68. The minimum absolute atomic E-state index is 0.0914. The van der Waals surface area contributed by atoms with Gasteiger partial charge in [-0.05, 0) is 32.9 Å². The number of aliphatic carboxylic acids is 1. The van der Waals surface area contributed by atoms with E-state index in [1.165, 1.54) is 0 Å². The average molecular weight is 185 g/mol. The van der Waals surface area contributed by atoms with Crippen molar-refractivity contribution >= 4 is 5.97 Å². The SMILES string of the molecule is CCC1(CC)C(C(=O)O)CCN1C. The van der Waals surface area contributed by atoms with Crippen LogP contribution in [0.3, 0.4) is 0 Å². The molecule has 1 rings (SSSR count). The molecule has 1 aliphatic heterocycles. The lowest BCUT2D eigenvalue weighted by Gasteiger charge is -2.37. The first-order chi connectivity index (χ1) is 6.08. The van der Waals surface area contributed by atoms with Crippen molar-refractivity contribution < 1.29 is 9.90 Å². The van der Waals surface area contributed by atoms with Gasteiger partial charge in [-0.1, -0.05) is 13.8 Å². The van der Waals surface area contributed by atoms with E-state index in [0.717, 1.165) is 25.8 Å². The number of rotatable bonds is 3. The van der Waals surface area contributed by atoms with E-state index in [1.54, 1.807) is 0 Å². The molecule has 3 nitrogen and oxygen atoms in total. The van der Waals surface area contributed by atoms with E-state index in [9.17, 15) is 4.79 Å². The number of hydrogen-bond donors (Lipinski definition) is 1. The Bertz CT molecular complexity index is 199. The van der Waals surface area contributed by atoms with Crippen LogP contribution < -0.4 is 0 Å². The first-order valence-corrected chi connectivity index (χ1v) is 5.02. The van der Waals surface area contributed by atoms with Gasteiger partial charge in [-0.2, -0.15) is 0 Å². The molecule has 1 fully saturated rings. The van der Waals surface area contributed by atoms with Crippen LogP contribution in [-0.2, 0) is 4.79 Å². The molecule has 0 saturated carbocycles. The topological polar surface area (TPSA) is 40.5 Å². The lowest BCUT2D eigenvalue weighted by molar-refractivity contribution is -0.145. The Morgan fingerprint density at radius 2 is 2.08 bits per heavy atom. The summed E-state index contributed by atoms with van der Waals surface area (Å²) in [5.41, 5.74) is -0.0914. The van der Waals surface area contributed by atoms with Crippen LogP contribution in [0.25, 0.3) is 0 Å². The predicted octanol–water partition coefficient (Wildman–Crippen LogP) is 1.58. The zero-order valence-electron chi connectivity index (χ0n) is 8.71. The van der Waals surface area contributed by atoms with Crippen LogP contribution in [-0.4, -0.2) is 35.1 Å². The van der Waals surface area contributed by atoms with Crippen molar-refractivity contribution in [2.45, 2.75) is 38.6 Å². The summed E-state index contributed by atoms with van der Waals surface area (Å²) in [4.78, 5) is 13.3. The number of hydrogen-bond acceptors (Lipinski definition) is 2. The molecule has 0 aromatic heterocycles. The van der Waals surface area contributed by atoms with Crippen LogP contribution in [0.2, 0.25) is 0 Å². The Labute approximate surface area is 79.7 Å². The first kappa shape index (κ1) is 10.5. The van der Waals surface area contributed by atoms with Crippen molar-refractivity contribution in [3.63, 3.8) is 0 Å². The summed E-state index contributed by atoms with van der Waals surface area (Å²) in [7, 11) is 2.04. The van der Waals surface area contributed by atoms with E-state index < -0.39 is 5.97 Å². The first-order valence-electron chi connectivity index (χ1n) is 5.02. The lowest BCUT2D eigenvalue weighted by Crippen LogP contribution is -2.47. The van der Waals surface area contributed by atoms with Gasteiger partial charge in [-0.15, -0.1) is 0 Å². The maximum Gasteiger partial charge on any atom is 0.308 e. The van der Waals surface area contributed by atoms with Crippen molar-refractivity contribution in [2.24, 2.45) is 5.92 Å². The van der Waals surface area contributed by atoms with Gasteiger partial charge in [0.1, 0.15) is 0 Å². The normalized spacial score (nSPS) is 27.8. The molecule has 1 saturated heterocycles. The number of carboxylic acid groups (broad SMARTS) is 1. The Balaban J connectivity index is 2.92. The quantitative estimate of drug-likeness (QED) is 0.725. The Kier molecular flexibility index (Phi) is 2.96. The van der Waals surface area contributed by atoms with Gasteiger partial charge in [-0.25, -0.2) is 0 Å². The second-order valence-corrected chi connectivity index (χ2v) is 3.91. The van der Waals surface area contributed by atoms with Gasteiger partial charge in [0.25, 0.3) is 0 Å². The van der Waals surface area contributed by atoms with Gasteiger partial charge in [0.2, 0.25) is 0 Å². The molecule has 1 N–H and O–H groups in total. The van der Waals surface area contributed by atoms with Crippen LogP contribution >= 0.6 is 0 Å². The average Bonchev–Trinajstić information content (AvgIpc) is 2.43. The molecular formula is C10H19NO2. The Morgan fingerprint density at radius 1 is 1.54 bits per heavy atom. The largest absolute Gasteiger partial charge is 0.481 e. The van der Waals surface area contributed by atoms with Gasteiger partial charge in [0, 0.05) is 5.54 Å². The van der Waals surface area contributed by atoms with Gasteiger partial charge >= 0.3 is 5.97 Å². The molecule has 0 aromatic carbocycles. The molecule has 0 spiro atoms. The highest BCUT2D eigenvalue weighted by atomic mass is 16.4. The second kappa shape index (κ2) is 3.66. The summed E-state index contributed by atoms with van der Waals surface area (Å²) in [5.74, 6) is -0.805. The number of carbonyl (C=O) groups is 1. The van der Waals surface area contributed by atoms with E-state index in [0.29, 0.717) is 0 Å². The van der Waals surface area contributed by atoms with E-state index in [1.807, 2.05) is 7.05 Å². The molecule has 1 unspecified atom stereocenters. The molecule has 0 aromatic rings. The fourth-order valence-electron chi connectivity index (χ4n) is 2.72. The summed E-state index contributed by atoms with van der Waals surface area (Å²) in [5, 5.41) is 9.10. The minimum atomic E-state index is -0.631. The fourth-order valence-corrected chi connectivity index (χ4v) is 2.72. The van der Waals surface area contributed by atoms with E-state index >= 15 is 0 Å². The molecule has 0 radical (unpaired) electrons.